The second-order valence-corrected chi connectivity index (χ2v) is 7.00. The lowest BCUT2D eigenvalue weighted by atomic mass is 10.1. The molecule has 0 aliphatic carbocycles. The Labute approximate surface area is 178 Å². The predicted molar refractivity (Wildman–Crippen MR) is 119 cm³/mol. The van der Waals surface area contributed by atoms with Crippen LogP contribution in [0.1, 0.15) is 15.9 Å². The van der Waals surface area contributed by atoms with Crippen molar-refractivity contribution in [1.29, 1.82) is 0 Å². The zero-order valence-electron chi connectivity index (χ0n) is 17.4. The fourth-order valence-corrected chi connectivity index (χ4v) is 3.32. The van der Waals surface area contributed by atoms with Gasteiger partial charge in [0.1, 0.15) is 11.5 Å². The number of aryl methyl sites for hydroxylation is 1. The maximum absolute atomic E-state index is 13.3. The van der Waals surface area contributed by atoms with Crippen molar-refractivity contribution in [2.75, 3.05) is 19.6 Å². The molecule has 0 unspecified atom stereocenters. The molecule has 0 saturated carbocycles. The number of methoxy groups -OCH3 is 2. The topological polar surface area (TPSA) is 82.4 Å². The number of nitrogens with zero attached hydrogens (tertiary/aromatic N) is 2. The molecule has 1 aromatic heterocycles. The summed E-state index contributed by atoms with van der Waals surface area (Å²) in [7, 11) is 3.01. The number of hydrogen-bond donors (Lipinski definition) is 1. The number of aromatic nitrogens is 2. The van der Waals surface area contributed by atoms with Crippen molar-refractivity contribution in [3.05, 3.63) is 88.2 Å². The number of amides is 1. The van der Waals surface area contributed by atoms with Crippen LogP contribution >= 0.6 is 0 Å². The molecular formula is C24H21N3O4. The third-order valence-corrected chi connectivity index (χ3v) is 4.88. The lowest BCUT2D eigenvalue weighted by Gasteiger charge is -2.15. The van der Waals surface area contributed by atoms with Gasteiger partial charge in [-0.3, -0.25) is 15.0 Å². The lowest BCUT2D eigenvalue weighted by molar-refractivity contribution is 0.101. The van der Waals surface area contributed by atoms with Crippen molar-refractivity contribution in [3.8, 4) is 22.9 Å². The minimum absolute atomic E-state index is 0.284. The van der Waals surface area contributed by atoms with E-state index in [0.717, 1.165) is 5.56 Å². The number of benzene rings is 3. The fraction of sp³-hybridized carbons (Fsp3) is 0.125. The van der Waals surface area contributed by atoms with Crippen LogP contribution in [0.5, 0.6) is 11.5 Å². The molecule has 7 heteroatoms. The number of ether oxygens (including phenoxy) is 2. The van der Waals surface area contributed by atoms with Crippen LogP contribution in [-0.2, 0) is 0 Å². The first-order valence-electron chi connectivity index (χ1n) is 9.63. The van der Waals surface area contributed by atoms with Gasteiger partial charge in [0.15, 0.2) is 5.82 Å². The Hall–Kier alpha value is -4.13. The quantitative estimate of drug-likeness (QED) is 0.537. The van der Waals surface area contributed by atoms with Crippen molar-refractivity contribution >= 4 is 16.8 Å². The molecule has 4 aromatic rings. The van der Waals surface area contributed by atoms with Gasteiger partial charge in [-0.25, -0.2) is 4.98 Å². The second-order valence-electron chi connectivity index (χ2n) is 7.00. The van der Waals surface area contributed by atoms with E-state index in [-0.39, 0.29) is 11.1 Å². The summed E-state index contributed by atoms with van der Waals surface area (Å²) in [4.78, 5) is 31.0. The number of carbonyl (C=O) groups is 1. The van der Waals surface area contributed by atoms with Gasteiger partial charge in [-0.15, -0.1) is 0 Å². The number of fused-ring (bicyclic) bond motifs is 1. The Kier molecular flexibility index (Phi) is 5.41. The summed E-state index contributed by atoms with van der Waals surface area (Å²) >= 11 is 0. The van der Waals surface area contributed by atoms with E-state index in [0.29, 0.717) is 33.8 Å². The highest BCUT2D eigenvalue weighted by Crippen LogP contribution is 2.23. The van der Waals surface area contributed by atoms with Crippen LogP contribution in [0.2, 0.25) is 0 Å². The van der Waals surface area contributed by atoms with Gasteiger partial charge in [0.05, 0.1) is 25.1 Å². The number of hydrogen-bond acceptors (Lipinski definition) is 5. The second kappa shape index (κ2) is 8.31. The molecule has 1 amide bonds. The summed E-state index contributed by atoms with van der Waals surface area (Å²) < 4.78 is 11.7. The van der Waals surface area contributed by atoms with Gasteiger partial charge in [0.25, 0.3) is 11.5 Å². The zero-order chi connectivity index (χ0) is 22.0. The molecule has 0 aliphatic heterocycles. The van der Waals surface area contributed by atoms with E-state index in [1.807, 2.05) is 37.3 Å². The Morgan fingerprint density at radius 1 is 0.935 bits per heavy atom. The van der Waals surface area contributed by atoms with Crippen LogP contribution in [0.3, 0.4) is 0 Å². The van der Waals surface area contributed by atoms with Gasteiger partial charge in [0.2, 0.25) is 0 Å². The van der Waals surface area contributed by atoms with Gasteiger partial charge in [0, 0.05) is 17.2 Å². The van der Waals surface area contributed by atoms with Crippen LogP contribution in [0.25, 0.3) is 22.3 Å². The summed E-state index contributed by atoms with van der Waals surface area (Å²) in [6, 6.07) is 19.4. The average Bonchev–Trinajstić information content (AvgIpc) is 2.80. The molecular weight excluding hydrogens is 394 g/mol. The lowest BCUT2D eigenvalue weighted by Crippen LogP contribution is -2.35. The zero-order valence-corrected chi connectivity index (χ0v) is 17.4. The van der Waals surface area contributed by atoms with E-state index in [4.69, 9.17) is 9.47 Å². The Bertz CT molecular complexity index is 1320. The first-order valence-corrected chi connectivity index (χ1v) is 9.63. The van der Waals surface area contributed by atoms with Crippen LogP contribution < -0.4 is 20.5 Å². The molecule has 31 heavy (non-hydrogen) atoms. The molecule has 0 fully saturated rings. The molecule has 0 saturated heterocycles. The van der Waals surface area contributed by atoms with Crippen LogP contribution in [0, 0.1) is 6.92 Å². The van der Waals surface area contributed by atoms with Crippen molar-refractivity contribution in [2.24, 2.45) is 0 Å². The van der Waals surface area contributed by atoms with E-state index >= 15 is 0 Å². The summed E-state index contributed by atoms with van der Waals surface area (Å²) in [6.07, 6.45) is 0. The highest BCUT2D eigenvalue weighted by atomic mass is 16.5. The molecule has 4 rings (SSSR count). The SMILES string of the molecule is COc1cc(OC)cc(C(=O)Nn2c(-c3cccc(C)c3)nc3ccccc3c2=O)c1. The van der Waals surface area contributed by atoms with E-state index in [9.17, 15) is 9.59 Å². The van der Waals surface area contributed by atoms with Gasteiger partial charge < -0.3 is 9.47 Å². The average molecular weight is 415 g/mol. The largest absolute Gasteiger partial charge is 0.497 e. The van der Waals surface area contributed by atoms with Crippen LogP contribution in [0.15, 0.2) is 71.5 Å². The number of carbonyl (C=O) groups excluding carboxylic acids is 1. The van der Waals surface area contributed by atoms with E-state index < -0.39 is 5.91 Å². The highest BCUT2D eigenvalue weighted by molar-refractivity contribution is 6.01. The maximum atomic E-state index is 13.3. The molecule has 0 bridgehead atoms. The van der Waals surface area contributed by atoms with Gasteiger partial charge >= 0.3 is 0 Å². The predicted octanol–water partition coefficient (Wildman–Crippen LogP) is 3.77. The van der Waals surface area contributed by atoms with Crippen molar-refractivity contribution < 1.29 is 14.3 Å². The summed E-state index contributed by atoms with van der Waals surface area (Å²) in [5.41, 5.74) is 4.89. The number of para-hydroxylation sites is 1. The van der Waals surface area contributed by atoms with Gasteiger partial charge in [-0.05, 0) is 37.3 Å². The molecule has 0 radical (unpaired) electrons. The minimum Gasteiger partial charge on any atom is -0.497 e. The molecule has 0 spiro atoms. The molecule has 1 N–H and O–H groups in total. The first kappa shape index (κ1) is 20.2. The van der Waals surface area contributed by atoms with E-state index in [2.05, 4.69) is 10.4 Å². The summed E-state index contributed by atoms with van der Waals surface area (Å²) in [5, 5.41) is 0.405. The Balaban J connectivity index is 1.87. The van der Waals surface area contributed by atoms with Gasteiger partial charge in [-0.1, -0.05) is 35.9 Å². The number of nitrogens with one attached hydrogen (secondary N) is 1. The third-order valence-electron chi connectivity index (χ3n) is 4.88. The normalized spacial score (nSPS) is 10.7. The molecule has 0 aliphatic rings. The minimum atomic E-state index is -0.495. The molecule has 156 valence electrons. The van der Waals surface area contributed by atoms with E-state index in [1.54, 1.807) is 36.4 Å². The molecule has 0 atom stereocenters. The molecule has 1 heterocycles. The Morgan fingerprint density at radius 3 is 2.32 bits per heavy atom. The molecule has 7 nitrogen and oxygen atoms in total. The molecule has 3 aromatic carbocycles. The van der Waals surface area contributed by atoms with Gasteiger partial charge in [-0.2, -0.15) is 4.68 Å². The smallest absolute Gasteiger partial charge is 0.280 e. The van der Waals surface area contributed by atoms with Crippen molar-refractivity contribution in [2.45, 2.75) is 6.92 Å². The first-order chi connectivity index (χ1) is 15.0. The standard InChI is InChI=1S/C24H21N3O4/c1-15-7-6-8-16(11-15)22-25-21-10-5-4-9-20(21)24(29)27(22)26-23(28)17-12-18(30-2)14-19(13-17)31-3/h4-14H,1-3H3,(H,26,28). The van der Waals surface area contributed by atoms with Crippen molar-refractivity contribution in [1.82, 2.24) is 9.66 Å². The maximum Gasteiger partial charge on any atom is 0.280 e. The van der Waals surface area contributed by atoms with Crippen LogP contribution in [-0.4, -0.2) is 29.8 Å². The Morgan fingerprint density at radius 2 is 1.65 bits per heavy atom. The van der Waals surface area contributed by atoms with E-state index in [1.165, 1.54) is 18.9 Å². The third kappa shape index (κ3) is 3.98. The highest BCUT2D eigenvalue weighted by Gasteiger charge is 2.17. The summed E-state index contributed by atoms with van der Waals surface area (Å²) in [5.74, 6) is 0.778. The monoisotopic (exact) mass is 415 g/mol. The van der Waals surface area contributed by atoms with Crippen molar-refractivity contribution in [3.63, 3.8) is 0 Å². The summed E-state index contributed by atoms with van der Waals surface area (Å²) in [6.45, 7) is 1.95. The number of rotatable bonds is 5. The fourth-order valence-electron chi connectivity index (χ4n) is 3.32. The van der Waals surface area contributed by atoms with Crippen LogP contribution in [0.4, 0.5) is 0 Å².